The van der Waals surface area contributed by atoms with Crippen molar-refractivity contribution in [2.75, 3.05) is 17.2 Å². The number of halogens is 1. The van der Waals surface area contributed by atoms with Crippen molar-refractivity contribution in [1.29, 1.82) is 5.26 Å². The molecule has 2 N–H and O–H groups in total. The van der Waals surface area contributed by atoms with Gasteiger partial charge < -0.3 is 10.6 Å². The van der Waals surface area contributed by atoms with E-state index in [9.17, 15) is 0 Å². The maximum atomic E-state index is 8.79. The number of rotatable bonds is 5. The second kappa shape index (κ2) is 6.82. The Balaban J connectivity index is 2.28. The summed E-state index contributed by atoms with van der Waals surface area (Å²) in [6, 6.07) is 5.99. The minimum Gasteiger partial charge on any atom is -0.383 e. The molecule has 0 fully saturated rings. The van der Waals surface area contributed by atoms with Crippen molar-refractivity contribution < 1.29 is 0 Å². The SMILES string of the molecule is N#CCCN(Cc1cccnc1)c1ncnc(N)c1Br. The summed E-state index contributed by atoms with van der Waals surface area (Å²) in [5.74, 6) is 1.06. The molecule has 0 bridgehead atoms. The number of aromatic nitrogens is 3. The van der Waals surface area contributed by atoms with Crippen LogP contribution >= 0.6 is 15.9 Å². The molecule has 0 amide bonds. The Morgan fingerprint density at radius 3 is 2.95 bits per heavy atom. The van der Waals surface area contributed by atoms with Gasteiger partial charge in [0.05, 0.1) is 12.5 Å². The topological polar surface area (TPSA) is 91.7 Å². The first-order valence-corrected chi connectivity index (χ1v) is 6.78. The van der Waals surface area contributed by atoms with Crippen LogP contribution in [0.2, 0.25) is 0 Å². The molecule has 0 aliphatic heterocycles. The second-order valence-electron chi connectivity index (χ2n) is 4.09. The van der Waals surface area contributed by atoms with Gasteiger partial charge in [0, 0.05) is 25.5 Å². The molecule has 0 aliphatic rings. The van der Waals surface area contributed by atoms with Crippen LogP contribution in [0, 0.1) is 11.3 Å². The van der Waals surface area contributed by atoms with Gasteiger partial charge in [-0.3, -0.25) is 4.98 Å². The Morgan fingerprint density at radius 1 is 1.40 bits per heavy atom. The predicted molar refractivity (Wildman–Crippen MR) is 79.7 cm³/mol. The average molecular weight is 333 g/mol. The maximum absolute atomic E-state index is 8.79. The summed E-state index contributed by atoms with van der Waals surface area (Å²) >= 11 is 3.40. The Bertz CT molecular complexity index is 610. The van der Waals surface area contributed by atoms with Gasteiger partial charge in [-0.05, 0) is 27.6 Å². The van der Waals surface area contributed by atoms with Gasteiger partial charge in [-0.2, -0.15) is 5.26 Å². The van der Waals surface area contributed by atoms with Crippen molar-refractivity contribution in [1.82, 2.24) is 15.0 Å². The van der Waals surface area contributed by atoms with Gasteiger partial charge in [0.15, 0.2) is 0 Å². The minimum absolute atomic E-state index is 0.378. The summed E-state index contributed by atoms with van der Waals surface area (Å²) in [4.78, 5) is 14.2. The molecular weight excluding hydrogens is 320 g/mol. The van der Waals surface area contributed by atoms with Crippen LogP contribution in [0.4, 0.5) is 11.6 Å². The van der Waals surface area contributed by atoms with E-state index in [-0.39, 0.29) is 0 Å². The number of hydrogen-bond donors (Lipinski definition) is 1. The van der Waals surface area contributed by atoms with Crippen LogP contribution in [0.1, 0.15) is 12.0 Å². The van der Waals surface area contributed by atoms with Crippen molar-refractivity contribution in [2.45, 2.75) is 13.0 Å². The third kappa shape index (κ3) is 3.42. The monoisotopic (exact) mass is 332 g/mol. The summed E-state index contributed by atoms with van der Waals surface area (Å²) in [6.07, 6.45) is 5.33. The molecule has 0 unspecified atom stereocenters. The van der Waals surface area contributed by atoms with E-state index in [1.165, 1.54) is 6.33 Å². The van der Waals surface area contributed by atoms with Crippen molar-refractivity contribution in [2.24, 2.45) is 0 Å². The molecule has 102 valence electrons. The lowest BCUT2D eigenvalue weighted by Gasteiger charge is -2.23. The normalized spacial score (nSPS) is 10.0. The lowest BCUT2D eigenvalue weighted by atomic mass is 10.2. The fraction of sp³-hybridized carbons (Fsp3) is 0.231. The maximum Gasteiger partial charge on any atom is 0.148 e. The summed E-state index contributed by atoms with van der Waals surface area (Å²) in [7, 11) is 0. The van der Waals surface area contributed by atoms with E-state index in [1.54, 1.807) is 12.4 Å². The largest absolute Gasteiger partial charge is 0.383 e. The second-order valence-corrected chi connectivity index (χ2v) is 4.88. The van der Waals surface area contributed by atoms with E-state index in [1.807, 2.05) is 17.0 Å². The average Bonchev–Trinajstić information content (AvgIpc) is 2.48. The van der Waals surface area contributed by atoms with E-state index < -0.39 is 0 Å². The highest BCUT2D eigenvalue weighted by molar-refractivity contribution is 9.10. The number of nitriles is 1. The first-order chi connectivity index (χ1) is 9.72. The van der Waals surface area contributed by atoms with Crippen LogP contribution in [0.3, 0.4) is 0 Å². The molecule has 0 atom stereocenters. The highest BCUT2D eigenvalue weighted by Crippen LogP contribution is 2.28. The van der Waals surface area contributed by atoms with Gasteiger partial charge in [0.1, 0.15) is 22.4 Å². The molecule has 0 saturated heterocycles. The number of pyridine rings is 1. The van der Waals surface area contributed by atoms with Gasteiger partial charge >= 0.3 is 0 Å². The number of hydrogen-bond acceptors (Lipinski definition) is 6. The number of anilines is 2. The van der Waals surface area contributed by atoms with E-state index >= 15 is 0 Å². The molecule has 0 radical (unpaired) electrons. The first kappa shape index (κ1) is 14.2. The molecule has 7 heteroatoms. The van der Waals surface area contributed by atoms with E-state index in [0.717, 1.165) is 5.56 Å². The molecular formula is C13H13BrN6. The Hall–Kier alpha value is -2.20. The molecule has 2 aromatic rings. The first-order valence-electron chi connectivity index (χ1n) is 5.99. The van der Waals surface area contributed by atoms with Crippen molar-refractivity contribution in [3.8, 4) is 6.07 Å². The third-order valence-electron chi connectivity index (χ3n) is 2.69. The summed E-state index contributed by atoms with van der Waals surface area (Å²) < 4.78 is 0.641. The lowest BCUT2D eigenvalue weighted by molar-refractivity contribution is 0.775. The molecule has 0 spiro atoms. The molecule has 20 heavy (non-hydrogen) atoms. The molecule has 2 rings (SSSR count). The highest BCUT2D eigenvalue weighted by Gasteiger charge is 2.14. The zero-order valence-electron chi connectivity index (χ0n) is 10.7. The van der Waals surface area contributed by atoms with E-state index in [4.69, 9.17) is 11.0 Å². The fourth-order valence-electron chi connectivity index (χ4n) is 1.75. The molecule has 0 saturated carbocycles. The summed E-state index contributed by atoms with van der Waals surface area (Å²) in [5, 5.41) is 8.79. The number of nitrogens with two attached hydrogens (primary N) is 1. The van der Waals surface area contributed by atoms with Gasteiger partial charge in [-0.25, -0.2) is 9.97 Å². The lowest BCUT2D eigenvalue weighted by Crippen LogP contribution is -2.25. The molecule has 2 aromatic heterocycles. The van der Waals surface area contributed by atoms with Gasteiger partial charge in [0.2, 0.25) is 0 Å². The van der Waals surface area contributed by atoms with Crippen molar-refractivity contribution >= 4 is 27.6 Å². The van der Waals surface area contributed by atoms with Crippen molar-refractivity contribution in [3.05, 3.63) is 40.9 Å². The van der Waals surface area contributed by atoms with Crippen LogP contribution in [0.15, 0.2) is 35.3 Å². The van der Waals surface area contributed by atoms with Gasteiger partial charge in [0.25, 0.3) is 0 Å². The quantitative estimate of drug-likeness (QED) is 0.901. The van der Waals surface area contributed by atoms with Crippen LogP contribution in [-0.2, 0) is 6.54 Å². The van der Waals surface area contributed by atoms with Crippen LogP contribution in [0.5, 0.6) is 0 Å². The predicted octanol–water partition coefficient (Wildman–Crippen LogP) is 2.14. The van der Waals surface area contributed by atoms with Gasteiger partial charge in [-0.1, -0.05) is 6.07 Å². The third-order valence-corrected chi connectivity index (χ3v) is 3.45. The standard InChI is InChI=1S/C13H13BrN6/c14-11-12(16)18-9-19-13(11)20(6-2-4-15)8-10-3-1-5-17-7-10/h1,3,5,7,9H,2,6,8H2,(H2,16,18,19). The van der Waals surface area contributed by atoms with Crippen LogP contribution in [0.25, 0.3) is 0 Å². The Morgan fingerprint density at radius 2 is 2.25 bits per heavy atom. The van der Waals surface area contributed by atoms with Gasteiger partial charge in [-0.15, -0.1) is 0 Å². The number of nitrogen functional groups attached to an aromatic ring is 1. The highest BCUT2D eigenvalue weighted by atomic mass is 79.9. The zero-order chi connectivity index (χ0) is 14.4. The number of nitrogens with zero attached hydrogens (tertiary/aromatic N) is 5. The van der Waals surface area contributed by atoms with E-state index in [0.29, 0.717) is 35.6 Å². The van der Waals surface area contributed by atoms with Crippen LogP contribution in [-0.4, -0.2) is 21.5 Å². The summed E-state index contributed by atoms with van der Waals surface area (Å²) in [5.41, 5.74) is 6.82. The molecule has 6 nitrogen and oxygen atoms in total. The zero-order valence-corrected chi connectivity index (χ0v) is 12.3. The Kier molecular flexibility index (Phi) is 4.85. The molecule has 0 aliphatic carbocycles. The molecule has 2 heterocycles. The molecule has 0 aromatic carbocycles. The van der Waals surface area contributed by atoms with Crippen LogP contribution < -0.4 is 10.6 Å². The fourth-order valence-corrected chi connectivity index (χ4v) is 2.21. The Labute approximate surface area is 125 Å². The van der Waals surface area contributed by atoms with E-state index in [2.05, 4.69) is 37.0 Å². The summed E-state index contributed by atoms with van der Waals surface area (Å²) in [6.45, 7) is 1.16. The van der Waals surface area contributed by atoms with Crippen molar-refractivity contribution in [3.63, 3.8) is 0 Å². The smallest absolute Gasteiger partial charge is 0.148 e. The minimum atomic E-state index is 0.378.